The van der Waals surface area contributed by atoms with E-state index < -0.39 is 0 Å². The Labute approximate surface area is 109 Å². The molecule has 0 aromatic rings. The predicted molar refractivity (Wildman–Crippen MR) is 71.6 cm³/mol. The maximum Gasteiger partial charge on any atom is 0.223 e. The number of carbonyl (C=O) groups is 2. The van der Waals surface area contributed by atoms with E-state index in [2.05, 4.69) is 18.8 Å². The number of primary amides is 1. The molecule has 1 fully saturated rings. The molecular formula is C14H24N2O2. The van der Waals surface area contributed by atoms with Crippen molar-refractivity contribution in [1.29, 1.82) is 0 Å². The summed E-state index contributed by atoms with van der Waals surface area (Å²) in [6.07, 6.45) is 5.00. The number of nitrogens with two attached hydrogens (primary N) is 1. The van der Waals surface area contributed by atoms with Gasteiger partial charge in [0.15, 0.2) is 0 Å². The van der Waals surface area contributed by atoms with Gasteiger partial charge in [0.25, 0.3) is 0 Å². The highest BCUT2D eigenvalue weighted by molar-refractivity contribution is 5.86. The second kappa shape index (κ2) is 6.57. The van der Waals surface area contributed by atoms with E-state index in [-0.39, 0.29) is 23.7 Å². The maximum absolute atomic E-state index is 11.9. The Balaban J connectivity index is 2.72. The first kappa shape index (κ1) is 14.7. The smallest absolute Gasteiger partial charge is 0.223 e. The SMILES string of the molecule is C=CCCC(C(N)=O)C(CC1CC1C)C(=O)NC. The molecule has 1 saturated carbocycles. The first-order valence-corrected chi connectivity index (χ1v) is 6.63. The molecule has 4 atom stereocenters. The van der Waals surface area contributed by atoms with Gasteiger partial charge in [0.1, 0.15) is 0 Å². The number of carbonyl (C=O) groups excluding carboxylic acids is 2. The molecule has 1 aliphatic rings. The minimum absolute atomic E-state index is 0.0676. The van der Waals surface area contributed by atoms with Crippen molar-refractivity contribution in [1.82, 2.24) is 5.32 Å². The lowest BCUT2D eigenvalue weighted by molar-refractivity contribution is -0.133. The van der Waals surface area contributed by atoms with Gasteiger partial charge in [0.2, 0.25) is 11.8 Å². The average molecular weight is 252 g/mol. The maximum atomic E-state index is 11.9. The van der Waals surface area contributed by atoms with Crippen molar-refractivity contribution >= 4 is 11.8 Å². The van der Waals surface area contributed by atoms with Gasteiger partial charge in [-0.15, -0.1) is 6.58 Å². The fourth-order valence-electron chi connectivity index (χ4n) is 2.53. The van der Waals surface area contributed by atoms with Crippen LogP contribution in [0.2, 0.25) is 0 Å². The van der Waals surface area contributed by atoms with E-state index in [1.807, 2.05) is 0 Å². The van der Waals surface area contributed by atoms with Crippen LogP contribution in [-0.2, 0) is 9.59 Å². The van der Waals surface area contributed by atoms with Gasteiger partial charge in [-0.2, -0.15) is 0 Å². The fourth-order valence-corrected chi connectivity index (χ4v) is 2.53. The summed E-state index contributed by atoms with van der Waals surface area (Å²) < 4.78 is 0. The second-order valence-electron chi connectivity index (χ2n) is 5.30. The van der Waals surface area contributed by atoms with Crippen LogP contribution < -0.4 is 11.1 Å². The van der Waals surface area contributed by atoms with Crippen LogP contribution in [0.3, 0.4) is 0 Å². The molecule has 0 aromatic carbocycles. The van der Waals surface area contributed by atoms with Crippen molar-refractivity contribution in [2.45, 2.75) is 32.6 Å². The van der Waals surface area contributed by atoms with Gasteiger partial charge in [-0.3, -0.25) is 9.59 Å². The van der Waals surface area contributed by atoms with Gasteiger partial charge < -0.3 is 11.1 Å². The number of allylic oxidation sites excluding steroid dienone is 1. The molecule has 102 valence electrons. The van der Waals surface area contributed by atoms with Gasteiger partial charge in [-0.05, 0) is 37.5 Å². The third-order valence-corrected chi connectivity index (χ3v) is 3.95. The lowest BCUT2D eigenvalue weighted by Crippen LogP contribution is -2.39. The Morgan fingerprint density at radius 3 is 2.50 bits per heavy atom. The van der Waals surface area contributed by atoms with Gasteiger partial charge in [-0.1, -0.05) is 13.0 Å². The molecule has 3 N–H and O–H groups in total. The largest absolute Gasteiger partial charge is 0.369 e. The summed E-state index contributed by atoms with van der Waals surface area (Å²) >= 11 is 0. The van der Waals surface area contributed by atoms with Gasteiger partial charge in [-0.25, -0.2) is 0 Å². The van der Waals surface area contributed by atoms with E-state index in [0.29, 0.717) is 24.7 Å². The zero-order valence-corrected chi connectivity index (χ0v) is 11.3. The average Bonchev–Trinajstić information content (AvgIpc) is 3.02. The second-order valence-corrected chi connectivity index (χ2v) is 5.30. The van der Waals surface area contributed by atoms with E-state index >= 15 is 0 Å². The Kier molecular flexibility index (Phi) is 5.38. The van der Waals surface area contributed by atoms with Gasteiger partial charge in [0.05, 0.1) is 0 Å². The van der Waals surface area contributed by atoms with Crippen LogP contribution in [0.1, 0.15) is 32.6 Å². The van der Waals surface area contributed by atoms with Crippen LogP contribution in [-0.4, -0.2) is 18.9 Å². The van der Waals surface area contributed by atoms with Gasteiger partial charge >= 0.3 is 0 Å². The van der Waals surface area contributed by atoms with E-state index in [9.17, 15) is 9.59 Å². The summed E-state index contributed by atoms with van der Waals surface area (Å²) in [5.41, 5.74) is 5.45. The Hall–Kier alpha value is -1.32. The van der Waals surface area contributed by atoms with Crippen LogP contribution in [0, 0.1) is 23.7 Å². The van der Waals surface area contributed by atoms with Crippen molar-refractivity contribution in [3.8, 4) is 0 Å². The summed E-state index contributed by atoms with van der Waals surface area (Å²) in [7, 11) is 1.61. The number of rotatable bonds is 8. The first-order valence-electron chi connectivity index (χ1n) is 6.63. The quantitative estimate of drug-likeness (QED) is 0.642. The van der Waals surface area contributed by atoms with Crippen LogP contribution >= 0.6 is 0 Å². The normalized spacial score (nSPS) is 25.0. The molecule has 0 aliphatic heterocycles. The molecule has 18 heavy (non-hydrogen) atoms. The lowest BCUT2D eigenvalue weighted by atomic mass is 9.83. The Morgan fingerprint density at radius 1 is 1.50 bits per heavy atom. The minimum atomic E-state index is -0.379. The topological polar surface area (TPSA) is 72.2 Å². The molecule has 4 unspecified atom stereocenters. The number of hydrogen-bond acceptors (Lipinski definition) is 2. The summed E-state index contributed by atoms with van der Waals surface area (Å²) in [5, 5.41) is 2.65. The van der Waals surface area contributed by atoms with E-state index in [4.69, 9.17) is 5.73 Å². The van der Waals surface area contributed by atoms with Crippen molar-refractivity contribution < 1.29 is 9.59 Å². The zero-order valence-electron chi connectivity index (χ0n) is 11.3. The number of amides is 2. The van der Waals surface area contributed by atoms with Crippen LogP contribution in [0.25, 0.3) is 0 Å². The molecule has 1 aliphatic carbocycles. The summed E-state index contributed by atoms with van der Waals surface area (Å²) in [5.74, 6) is 0.127. The number of nitrogens with one attached hydrogen (secondary N) is 1. The highest BCUT2D eigenvalue weighted by Crippen LogP contribution is 2.44. The molecule has 0 radical (unpaired) electrons. The summed E-state index contributed by atoms with van der Waals surface area (Å²) in [6.45, 7) is 5.82. The molecule has 0 spiro atoms. The molecule has 0 aromatic heterocycles. The van der Waals surface area contributed by atoms with Crippen molar-refractivity contribution in [2.24, 2.45) is 29.4 Å². The summed E-state index contributed by atoms with van der Waals surface area (Å²) in [6, 6.07) is 0. The lowest BCUT2D eigenvalue weighted by Gasteiger charge is -2.23. The first-order chi connectivity index (χ1) is 8.51. The monoisotopic (exact) mass is 252 g/mol. The fraction of sp³-hybridized carbons (Fsp3) is 0.714. The highest BCUT2D eigenvalue weighted by atomic mass is 16.2. The highest BCUT2D eigenvalue weighted by Gasteiger charge is 2.40. The molecule has 4 heteroatoms. The van der Waals surface area contributed by atoms with Crippen LogP contribution in [0.4, 0.5) is 0 Å². The van der Waals surface area contributed by atoms with Crippen LogP contribution in [0.15, 0.2) is 12.7 Å². The molecule has 0 saturated heterocycles. The third-order valence-electron chi connectivity index (χ3n) is 3.95. The number of hydrogen-bond donors (Lipinski definition) is 2. The van der Waals surface area contributed by atoms with Crippen molar-refractivity contribution in [2.75, 3.05) is 7.05 Å². The van der Waals surface area contributed by atoms with Crippen molar-refractivity contribution in [3.63, 3.8) is 0 Å². The molecule has 0 heterocycles. The Bertz CT molecular complexity index is 328. The van der Waals surface area contributed by atoms with E-state index in [1.165, 1.54) is 0 Å². The molecular weight excluding hydrogens is 228 g/mol. The van der Waals surface area contributed by atoms with Crippen LogP contribution in [0.5, 0.6) is 0 Å². The molecule has 1 rings (SSSR count). The molecule has 2 amide bonds. The minimum Gasteiger partial charge on any atom is -0.369 e. The molecule has 0 bridgehead atoms. The standard InChI is InChI=1S/C14H24N2O2/c1-4-5-6-11(13(15)17)12(14(18)16-3)8-10-7-9(10)2/h4,9-12H,1,5-8H2,2-3H3,(H2,15,17)(H,16,18). The van der Waals surface area contributed by atoms with E-state index in [1.54, 1.807) is 13.1 Å². The van der Waals surface area contributed by atoms with Gasteiger partial charge in [0, 0.05) is 18.9 Å². The predicted octanol–water partition coefficient (Wildman–Crippen LogP) is 1.46. The third kappa shape index (κ3) is 3.86. The van der Waals surface area contributed by atoms with Crippen molar-refractivity contribution in [3.05, 3.63) is 12.7 Å². The Morgan fingerprint density at radius 2 is 2.11 bits per heavy atom. The summed E-state index contributed by atoms with van der Waals surface area (Å²) in [4.78, 5) is 23.5. The molecule has 4 nitrogen and oxygen atoms in total. The van der Waals surface area contributed by atoms with E-state index in [0.717, 1.165) is 12.8 Å². The zero-order chi connectivity index (χ0) is 13.7.